The minimum Gasteiger partial charge on any atom is -0.481 e. The summed E-state index contributed by atoms with van der Waals surface area (Å²) >= 11 is 0. The van der Waals surface area contributed by atoms with E-state index in [0.29, 0.717) is 12.8 Å². The maximum Gasteiger partial charge on any atom is 0.326 e. The third-order valence-corrected chi connectivity index (χ3v) is 12.3. The number of hydrogen-bond acceptors (Lipinski definition) is 16. The Hall–Kier alpha value is -7.30. The summed E-state index contributed by atoms with van der Waals surface area (Å²) in [6, 6.07) is -12.2. The maximum atomic E-state index is 13.3. The van der Waals surface area contributed by atoms with Crippen LogP contribution in [0, 0.1) is 0 Å². The molecule has 7 atom stereocenters. The Labute approximate surface area is 456 Å². The van der Waals surface area contributed by atoms with Gasteiger partial charge in [0.15, 0.2) is 0 Å². The van der Waals surface area contributed by atoms with Crippen molar-refractivity contribution in [3.05, 3.63) is 0 Å². The Morgan fingerprint density at radius 1 is 0.278 bits per heavy atom. The monoisotopic (exact) mass is 1130 g/mol. The molecule has 0 aromatic rings. The molecular formula is C50H81N7O22. The number of ketones is 1. The minimum absolute atomic E-state index is 0.0550. The second-order valence-corrected chi connectivity index (χ2v) is 19.0. The summed E-state index contributed by atoms with van der Waals surface area (Å²) in [6.45, 7) is -1.13. The van der Waals surface area contributed by atoms with Crippen molar-refractivity contribution in [3.8, 4) is 0 Å². The lowest BCUT2D eigenvalue weighted by Gasteiger charge is -2.25. The van der Waals surface area contributed by atoms with E-state index in [1.54, 1.807) is 0 Å². The van der Waals surface area contributed by atoms with E-state index >= 15 is 0 Å². The smallest absolute Gasteiger partial charge is 0.326 e. The summed E-state index contributed by atoms with van der Waals surface area (Å²) in [5, 5.41) is 90.9. The van der Waals surface area contributed by atoms with Crippen LogP contribution in [0.5, 0.6) is 0 Å². The molecule has 0 spiro atoms. The first-order chi connectivity index (χ1) is 37.3. The van der Waals surface area contributed by atoms with Crippen molar-refractivity contribution < 1.29 is 108 Å². The summed E-state index contributed by atoms with van der Waals surface area (Å²) in [4.78, 5) is 170. The largest absolute Gasteiger partial charge is 0.481 e. The molecule has 0 saturated carbocycles. The third kappa shape index (κ3) is 35.7. The number of aliphatic hydroxyl groups is 2. The van der Waals surface area contributed by atoms with E-state index in [1.165, 1.54) is 6.92 Å². The molecule has 0 saturated heterocycles. The molecule has 0 aromatic heterocycles. The molecule has 7 amide bonds. The highest BCUT2D eigenvalue weighted by molar-refractivity contribution is 5.96. The minimum atomic E-state index is -1.95. The van der Waals surface area contributed by atoms with E-state index in [2.05, 4.69) is 26.6 Å². The molecule has 0 bridgehead atoms. The second kappa shape index (κ2) is 41.8. The lowest BCUT2D eigenvalue weighted by atomic mass is 10.0. The molecule has 0 fully saturated rings. The summed E-state index contributed by atoms with van der Waals surface area (Å²) < 4.78 is 0. The summed E-state index contributed by atoms with van der Waals surface area (Å²) in [6.07, 6.45) is 8.56. The van der Waals surface area contributed by atoms with Gasteiger partial charge in [-0.1, -0.05) is 77.0 Å². The summed E-state index contributed by atoms with van der Waals surface area (Å²) in [7, 11) is 0. The van der Waals surface area contributed by atoms with Crippen LogP contribution in [0.2, 0.25) is 0 Å². The highest BCUT2D eigenvalue weighted by Gasteiger charge is 2.33. The number of Topliss-reactive ketones (excluding diaryl/α,β-unsaturated/α-hetero) is 1. The predicted molar refractivity (Wildman–Crippen MR) is 274 cm³/mol. The van der Waals surface area contributed by atoms with Crippen molar-refractivity contribution in [2.75, 3.05) is 13.2 Å². The van der Waals surface area contributed by atoms with Gasteiger partial charge in [-0.3, -0.25) is 43.2 Å². The number of amides is 7. The molecule has 15 N–H and O–H groups in total. The van der Waals surface area contributed by atoms with E-state index in [-0.39, 0.29) is 31.5 Å². The fraction of sp³-hybridized carbons (Fsp3) is 0.720. The van der Waals surface area contributed by atoms with Crippen LogP contribution in [0.15, 0.2) is 0 Å². The van der Waals surface area contributed by atoms with Crippen LogP contribution in [0.1, 0.15) is 174 Å². The molecule has 79 heavy (non-hydrogen) atoms. The van der Waals surface area contributed by atoms with Crippen LogP contribution in [0.3, 0.4) is 0 Å². The number of aliphatic hydroxyl groups excluding tert-OH is 2. The first-order valence-electron chi connectivity index (χ1n) is 26.5. The van der Waals surface area contributed by atoms with Crippen LogP contribution in [-0.2, 0) is 67.1 Å². The Kier molecular flexibility index (Phi) is 37.9. The number of nitrogens with one attached hydrogen (secondary N) is 7. The number of rotatable bonds is 48. The van der Waals surface area contributed by atoms with E-state index in [4.69, 9.17) is 5.11 Å². The van der Waals surface area contributed by atoms with Crippen LogP contribution in [-0.4, -0.2) is 179 Å². The van der Waals surface area contributed by atoms with Crippen LogP contribution < -0.4 is 37.2 Å². The van der Waals surface area contributed by atoms with Crippen molar-refractivity contribution >= 4 is 82.9 Å². The fourth-order valence-electron chi connectivity index (χ4n) is 7.69. The summed E-state index contributed by atoms with van der Waals surface area (Å²) in [5.74, 6) is -16.2. The van der Waals surface area contributed by atoms with Gasteiger partial charge in [0.1, 0.15) is 48.1 Å². The van der Waals surface area contributed by atoms with E-state index in [0.717, 1.165) is 77.0 Å². The summed E-state index contributed by atoms with van der Waals surface area (Å²) in [5.41, 5.74) is 0. The number of carboxylic acid groups (broad SMARTS) is 6. The molecule has 0 aromatic carbocycles. The number of aliphatic carboxylic acids is 6. The molecular weight excluding hydrogens is 1050 g/mol. The lowest BCUT2D eigenvalue weighted by Crippen LogP contribution is -2.59. The van der Waals surface area contributed by atoms with E-state index in [1.807, 2.05) is 10.6 Å². The van der Waals surface area contributed by atoms with Crippen LogP contribution in [0.25, 0.3) is 0 Å². The molecule has 4 unspecified atom stereocenters. The fourth-order valence-corrected chi connectivity index (χ4v) is 7.69. The topological polar surface area (TPSA) is 485 Å². The van der Waals surface area contributed by atoms with Gasteiger partial charge in [0, 0.05) is 44.9 Å². The molecule has 0 aliphatic carbocycles. The average Bonchev–Trinajstić information content (AvgIpc) is 3.37. The zero-order valence-corrected chi connectivity index (χ0v) is 44.6. The number of unbranched alkanes of at least 4 members (excludes halogenated alkanes) is 13. The molecule has 29 nitrogen and oxygen atoms in total. The van der Waals surface area contributed by atoms with Crippen LogP contribution in [0.4, 0.5) is 0 Å². The SMILES string of the molecule is CC(=O)CC[C@H](NC(=O)CCC(NC(=O)C(CO)NC(=O)[C@H](CCC(=O)O)NC(=O)C(CO)NC(=O)CCC(NC(=O)CC[C@H](NC(=O)CCCCCCCCCCCCCCCCC(=O)O)C(=O)O)C(=O)O)C(=O)O)C(=O)O. The third-order valence-electron chi connectivity index (χ3n) is 12.3. The Balaban J connectivity index is 5.16. The van der Waals surface area contributed by atoms with Crippen molar-refractivity contribution in [1.82, 2.24) is 37.2 Å². The normalized spacial score (nSPS) is 13.6. The zero-order chi connectivity index (χ0) is 59.9. The lowest BCUT2D eigenvalue weighted by molar-refractivity contribution is -0.144. The van der Waals surface area contributed by atoms with Gasteiger partial charge in [0.2, 0.25) is 41.4 Å². The van der Waals surface area contributed by atoms with Gasteiger partial charge in [0.25, 0.3) is 0 Å². The molecule has 0 aliphatic heterocycles. The zero-order valence-electron chi connectivity index (χ0n) is 44.6. The predicted octanol–water partition coefficient (Wildman–Crippen LogP) is -0.396. The maximum absolute atomic E-state index is 13.3. The second-order valence-electron chi connectivity index (χ2n) is 19.0. The standard InChI is InChI=1S/C50H81N7O22/c1-30(60)18-19-32(47(72)73)52-40(63)26-22-35(50(78)79)56-46(71)37(29-59)57-44(69)31(23-27-43(67)68)55-45(70)36(28-58)54-41(64)25-21-34(49(76)77)53-39(62)24-20-33(48(74)75)51-38(61)16-14-12-10-8-6-4-2-3-5-7-9-11-13-15-17-42(65)66/h31-37,58-59H,2-29H2,1H3,(H,51,61)(H,52,63)(H,53,62)(H,54,64)(H,55,70)(H,56,71)(H,57,69)(H,65,66)(H,67,68)(H,72,73)(H,74,75)(H,76,77)(H,78,79)/t31-,32-,33-,34?,35?,36?,37?/m0/s1. The molecule has 0 aliphatic rings. The van der Waals surface area contributed by atoms with Gasteiger partial charge in [0.05, 0.1) is 13.2 Å². The van der Waals surface area contributed by atoms with Crippen LogP contribution >= 0.6 is 0 Å². The first-order valence-corrected chi connectivity index (χ1v) is 26.5. The van der Waals surface area contributed by atoms with Gasteiger partial charge in [-0.2, -0.15) is 0 Å². The Morgan fingerprint density at radius 3 is 0.848 bits per heavy atom. The van der Waals surface area contributed by atoms with Crippen molar-refractivity contribution in [2.45, 2.75) is 216 Å². The van der Waals surface area contributed by atoms with Gasteiger partial charge in [-0.05, 0) is 51.9 Å². The first kappa shape index (κ1) is 71.7. The van der Waals surface area contributed by atoms with Crippen molar-refractivity contribution in [1.29, 1.82) is 0 Å². The van der Waals surface area contributed by atoms with E-state index < -0.39 is 184 Å². The number of hydrogen-bond donors (Lipinski definition) is 15. The number of carbonyl (C=O) groups excluding carboxylic acids is 8. The Bertz CT molecular complexity index is 2040. The highest BCUT2D eigenvalue weighted by Crippen LogP contribution is 2.15. The van der Waals surface area contributed by atoms with Gasteiger partial charge >= 0.3 is 35.8 Å². The number of carboxylic acids is 6. The van der Waals surface area contributed by atoms with Gasteiger partial charge in [-0.25, -0.2) is 19.2 Å². The average molecular weight is 1130 g/mol. The van der Waals surface area contributed by atoms with Crippen molar-refractivity contribution in [3.63, 3.8) is 0 Å². The molecule has 0 radical (unpaired) electrons. The Morgan fingerprint density at radius 2 is 0.519 bits per heavy atom. The van der Waals surface area contributed by atoms with E-state index in [9.17, 15) is 103 Å². The van der Waals surface area contributed by atoms with Gasteiger partial charge in [-0.15, -0.1) is 0 Å². The molecule has 29 heteroatoms. The molecule has 0 rings (SSSR count). The number of carbonyl (C=O) groups is 14. The van der Waals surface area contributed by atoms with Gasteiger partial charge < -0.3 is 82.9 Å². The highest BCUT2D eigenvalue weighted by atomic mass is 16.4. The van der Waals surface area contributed by atoms with Crippen molar-refractivity contribution in [2.24, 2.45) is 0 Å². The molecule has 448 valence electrons. The molecule has 0 heterocycles. The quantitative estimate of drug-likeness (QED) is 0.0345.